The Balaban J connectivity index is 0.000000210. The highest BCUT2D eigenvalue weighted by Crippen LogP contribution is 2.59. The number of carbonyl (C=O) groups is 4. The van der Waals surface area contributed by atoms with E-state index >= 15 is 0 Å². The first-order chi connectivity index (χ1) is 16.3. The third-order valence-corrected chi connectivity index (χ3v) is 7.52. The van der Waals surface area contributed by atoms with Crippen molar-refractivity contribution in [1.29, 1.82) is 0 Å². The Labute approximate surface area is 207 Å². The van der Waals surface area contributed by atoms with Gasteiger partial charge in [0.05, 0.1) is 13.0 Å². The van der Waals surface area contributed by atoms with Gasteiger partial charge in [-0.1, -0.05) is 19.7 Å². The van der Waals surface area contributed by atoms with Crippen LogP contribution in [0.3, 0.4) is 0 Å². The molecule has 0 radical (unpaired) electrons. The first-order valence-corrected chi connectivity index (χ1v) is 12.1. The van der Waals surface area contributed by atoms with Crippen LogP contribution >= 0.6 is 0 Å². The maximum absolute atomic E-state index is 11.5. The highest BCUT2D eigenvalue weighted by Gasteiger charge is 2.56. The van der Waals surface area contributed by atoms with Crippen molar-refractivity contribution in [2.45, 2.75) is 76.9 Å². The molecule has 8 nitrogen and oxygen atoms in total. The summed E-state index contributed by atoms with van der Waals surface area (Å²) in [5.41, 5.74) is -0.588. The Morgan fingerprint density at radius 2 is 1.51 bits per heavy atom. The molecule has 0 amide bonds. The van der Waals surface area contributed by atoms with Gasteiger partial charge in [-0.15, -0.1) is 0 Å². The minimum Gasteiger partial charge on any atom is -0.478 e. The van der Waals surface area contributed by atoms with Crippen molar-refractivity contribution in [2.75, 3.05) is 6.61 Å². The van der Waals surface area contributed by atoms with E-state index in [4.69, 9.17) is 19.3 Å². The van der Waals surface area contributed by atoms with Gasteiger partial charge in [-0.3, -0.25) is 4.79 Å². The lowest BCUT2D eigenvalue weighted by Crippen LogP contribution is -2.57. The lowest BCUT2D eigenvalue weighted by Gasteiger charge is -2.58. The lowest BCUT2D eigenvalue weighted by atomic mass is 9.50. The average Bonchev–Trinajstić information content (AvgIpc) is 2.77. The summed E-state index contributed by atoms with van der Waals surface area (Å²) in [6.45, 7) is 15.7. The number of carboxylic acids is 1. The second-order valence-electron chi connectivity index (χ2n) is 10.4. The van der Waals surface area contributed by atoms with Crippen molar-refractivity contribution in [2.24, 2.45) is 23.7 Å². The molecule has 4 saturated carbocycles. The highest BCUT2D eigenvalue weighted by molar-refractivity contribution is 5.87. The molecule has 4 bridgehead atoms. The summed E-state index contributed by atoms with van der Waals surface area (Å²) in [7, 11) is 0. The minimum atomic E-state index is -0.981. The molecular formula is C27H38O8. The number of esters is 3. The van der Waals surface area contributed by atoms with Gasteiger partial charge in [0.1, 0.15) is 11.2 Å². The fourth-order valence-electron chi connectivity index (χ4n) is 5.77. The Kier molecular flexibility index (Phi) is 9.46. The van der Waals surface area contributed by atoms with Crippen LogP contribution in [0.4, 0.5) is 0 Å². The van der Waals surface area contributed by atoms with E-state index < -0.39 is 17.5 Å². The summed E-state index contributed by atoms with van der Waals surface area (Å²) in [4.78, 5) is 43.0. The molecule has 4 aliphatic carbocycles. The Morgan fingerprint density at radius 3 is 1.91 bits per heavy atom. The second-order valence-corrected chi connectivity index (χ2v) is 10.4. The summed E-state index contributed by atoms with van der Waals surface area (Å²) in [5, 5.41) is 7.60. The van der Waals surface area contributed by atoms with Gasteiger partial charge in [0, 0.05) is 24.1 Å². The SMILES string of the molecule is C=C(C)C(=O)OC1(C)CCOC(=O)C1.C=CC(=O)O.C=CC(=O)OC1(C)C2CC3CC(C2)CC1C3. The molecule has 1 N–H and O–H groups in total. The molecule has 0 aromatic rings. The predicted molar refractivity (Wildman–Crippen MR) is 129 cm³/mol. The number of hydrogen-bond acceptors (Lipinski definition) is 7. The van der Waals surface area contributed by atoms with Crippen molar-refractivity contribution >= 4 is 23.9 Å². The van der Waals surface area contributed by atoms with Crippen molar-refractivity contribution in [3.63, 3.8) is 0 Å². The van der Waals surface area contributed by atoms with Crippen LogP contribution in [0, 0.1) is 23.7 Å². The van der Waals surface area contributed by atoms with Gasteiger partial charge in [-0.25, -0.2) is 14.4 Å². The van der Waals surface area contributed by atoms with Crippen LogP contribution in [0.5, 0.6) is 0 Å². The number of hydrogen-bond donors (Lipinski definition) is 1. The van der Waals surface area contributed by atoms with Gasteiger partial charge in [-0.2, -0.15) is 0 Å². The molecule has 35 heavy (non-hydrogen) atoms. The van der Waals surface area contributed by atoms with Gasteiger partial charge < -0.3 is 19.3 Å². The van der Waals surface area contributed by atoms with Gasteiger partial charge >= 0.3 is 23.9 Å². The largest absolute Gasteiger partial charge is 0.478 e. The van der Waals surface area contributed by atoms with Crippen molar-refractivity contribution < 1.29 is 38.5 Å². The van der Waals surface area contributed by atoms with E-state index in [9.17, 15) is 19.2 Å². The van der Waals surface area contributed by atoms with E-state index in [1.54, 1.807) is 13.8 Å². The lowest BCUT2D eigenvalue weighted by molar-refractivity contribution is -0.198. The number of carbonyl (C=O) groups excluding carboxylic acids is 3. The minimum absolute atomic E-state index is 0.117. The van der Waals surface area contributed by atoms with Crippen LogP contribution in [0.25, 0.3) is 0 Å². The molecule has 5 aliphatic rings. The average molecular weight is 491 g/mol. The number of rotatable bonds is 5. The van der Waals surface area contributed by atoms with Crippen LogP contribution in [-0.4, -0.2) is 46.8 Å². The van der Waals surface area contributed by atoms with Gasteiger partial charge in [0.15, 0.2) is 0 Å². The van der Waals surface area contributed by atoms with E-state index in [1.165, 1.54) is 38.2 Å². The van der Waals surface area contributed by atoms with Crippen molar-refractivity contribution in [3.8, 4) is 0 Å². The van der Waals surface area contributed by atoms with E-state index in [2.05, 4.69) is 26.7 Å². The zero-order valence-corrected chi connectivity index (χ0v) is 21.0. The van der Waals surface area contributed by atoms with Gasteiger partial charge in [-0.05, 0) is 76.5 Å². The Bertz CT molecular complexity index is 844. The summed E-state index contributed by atoms with van der Waals surface area (Å²) >= 11 is 0. The zero-order valence-electron chi connectivity index (χ0n) is 21.0. The predicted octanol–water partition coefficient (Wildman–Crippen LogP) is 4.39. The van der Waals surface area contributed by atoms with Crippen LogP contribution in [0.15, 0.2) is 37.5 Å². The molecule has 1 aliphatic heterocycles. The fraction of sp³-hybridized carbons (Fsp3) is 0.630. The molecule has 0 spiro atoms. The fourth-order valence-corrected chi connectivity index (χ4v) is 5.77. The van der Waals surface area contributed by atoms with Crippen LogP contribution in [0.2, 0.25) is 0 Å². The summed E-state index contributed by atoms with van der Waals surface area (Å²) < 4.78 is 15.6. The summed E-state index contributed by atoms with van der Waals surface area (Å²) in [5.74, 6) is 1.03. The number of ether oxygens (including phenoxy) is 3. The molecule has 0 aromatic heterocycles. The van der Waals surface area contributed by atoms with Gasteiger partial charge in [0.2, 0.25) is 0 Å². The van der Waals surface area contributed by atoms with E-state index in [-0.39, 0.29) is 24.0 Å². The van der Waals surface area contributed by atoms with E-state index in [0.717, 1.165) is 17.9 Å². The number of carboxylic acid groups (broad SMARTS) is 1. The van der Waals surface area contributed by atoms with Gasteiger partial charge in [0.25, 0.3) is 0 Å². The molecule has 1 unspecified atom stereocenters. The third-order valence-electron chi connectivity index (χ3n) is 7.52. The molecule has 0 aromatic carbocycles. The monoisotopic (exact) mass is 490 g/mol. The molecule has 5 fully saturated rings. The number of aliphatic carboxylic acids is 1. The van der Waals surface area contributed by atoms with E-state index in [0.29, 0.717) is 30.4 Å². The van der Waals surface area contributed by atoms with Crippen LogP contribution in [0.1, 0.15) is 65.7 Å². The van der Waals surface area contributed by atoms with E-state index in [1.807, 2.05) is 0 Å². The quantitative estimate of drug-likeness (QED) is 0.343. The highest BCUT2D eigenvalue weighted by atomic mass is 16.6. The van der Waals surface area contributed by atoms with Crippen LogP contribution < -0.4 is 0 Å². The molecule has 5 rings (SSSR count). The maximum atomic E-state index is 11.5. The molecule has 8 heteroatoms. The number of cyclic esters (lactones) is 1. The zero-order chi connectivity index (χ0) is 26.4. The standard InChI is InChI=1S/C14H20O2.C10H14O4.C3H4O2/c1-3-13(15)16-14(2)11-5-9-4-10(7-11)8-12(14)6-9;1-7(2)9(12)14-10(3)4-5-13-8(11)6-10;1-2-3(4)5/h3,9-12H,1,4-8H2,2H3;1,4-6H2,2-3H3;2H,1H2,(H,4,5). The molecule has 1 heterocycles. The van der Waals surface area contributed by atoms with Crippen molar-refractivity contribution in [1.82, 2.24) is 0 Å². The van der Waals surface area contributed by atoms with Crippen LogP contribution in [-0.2, 0) is 33.4 Å². The topological polar surface area (TPSA) is 116 Å². The molecular weight excluding hydrogens is 452 g/mol. The Hall–Kier alpha value is -2.90. The molecule has 1 saturated heterocycles. The van der Waals surface area contributed by atoms with Crippen molar-refractivity contribution in [3.05, 3.63) is 37.5 Å². The second kappa shape index (κ2) is 11.7. The summed E-state index contributed by atoms with van der Waals surface area (Å²) in [6, 6.07) is 0. The first-order valence-electron chi connectivity index (χ1n) is 12.1. The Morgan fingerprint density at radius 1 is 1.00 bits per heavy atom. The normalized spacial score (nSPS) is 34.0. The maximum Gasteiger partial charge on any atom is 0.333 e. The first kappa shape index (κ1) is 28.3. The molecule has 194 valence electrons. The summed E-state index contributed by atoms with van der Waals surface area (Å²) in [6.07, 6.45) is 9.31. The molecule has 1 atom stereocenters. The smallest absolute Gasteiger partial charge is 0.333 e. The third kappa shape index (κ3) is 7.54.